The molecule has 0 amide bonds. The Hall–Kier alpha value is -1.45. The SMILES string of the molecule is C=CC1(OC(=O)C2C3OC4C(OS(=O)(=O)C42)C3OC(C)=O)CCCC1. The fourth-order valence-electron chi connectivity index (χ4n) is 4.51. The summed E-state index contributed by atoms with van der Waals surface area (Å²) in [6.07, 6.45) is 1.23. The topological polar surface area (TPSA) is 105 Å². The van der Waals surface area contributed by atoms with Crippen molar-refractivity contribution >= 4 is 22.1 Å². The standard InChI is InChI=1S/C16H20O8S/c1-3-16(6-4-5-7-16)23-15(18)9-10-11(21-8(2)17)12-13(22-10)14(9)25(19,20)24-12/h3,9-14H,1,4-7H2,2H3. The van der Waals surface area contributed by atoms with E-state index < -0.39 is 63.2 Å². The summed E-state index contributed by atoms with van der Waals surface area (Å²) in [5, 5.41) is -1.12. The second-order valence-electron chi connectivity index (χ2n) is 7.08. The highest BCUT2D eigenvalue weighted by molar-refractivity contribution is 7.87. The molecule has 0 radical (unpaired) electrons. The van der Waals surface area contributed by atoms with Crippen LogP contribution in [0.1, 0.15) is 32.6 Å². The lowest BCUT2D eigenvalue weighted by molar-refractivity contribution is -0.168. The van der Waals surface area contributed by atoms with Gasteiger partial charge in [-0.25, -0.2) is 0 Å². The van der Waals surface area contributed by atoms with Crippen LogP contribution in [0.3, 0.4) is 0 Å². The minimum Gasteiger partial charge on any atom is -0.457 e. The Kier molecular flexibility index (Phi) is 3.75. The van der Waals surface area contributed by atoms with Crippen molar-refractivity contribution in [3.05, 3.63) is 12.7 Å². The number of hydrogen-bond donors (Lipinski definition) is 0. The van der Waals surface area contributed by atoms with Gasteiger partial charge in [-0.15, -0.1) is 0 Å². The minimum atomic E-state index is -4.00. The van der Waals surface area contributed by atoms with E-state index in [0.29, 0.717) is 12.8 Å². The highest BCUT2D eigenvalue weighted by atomic mass is 32.2. The van der Waals surface area contributed by atoms with E-state index in [1.165, 1.54) is 6.92 Å². The van der Waals surface area contributed by atoms with Crippen LogP contribution in [0.15, 0.2) is 12.7 Å². The maximum absolute atomic E-state index is 12.9. The van der Waals surface area contributed by atoms with E-state index in [9.17, 15) is 18.0 Å². The largest absolute Gasteiger partial charge is 0.457 e. The highest BCUT2D eigenvalue weighted by Gasteiger charge is 2.74. The van der Waals surface area contributed by atoms with Crippen LogP contribution in [0, 0.1) is 5.92 Å². The first-order chi connectivity index (χ1) is 11.8. The molecule has 3 aliphatic heterocycles. The highest BCUT2D eigenvalue weighted by Crippen LogP contribution is 2.52. The predicted molar refractivity (Wildman–Crippen MR) is 82.8 cm³/mol. The Balaban J connectivity index is 1.63. The molecule has 0 N–H and O–H groups in total. The average Bonchev–Trinajstić information content (AvgIpc) is 3.24. The molecule has 1 saturated carbocycles. The third-order valence-electron chi connectivity index (χ3n) is 5.60. The van der Waals surface area contributed by atoms with Crippen molar-refractivity contribution in [1.82, 2.24) is 0 Å². The molecule has 8 nitrogen and oxygen atoms in total. The number of fused-ring (bicyclic) bond motifs is 1. The second-order valence-corrected chi connectivity index (χ2v) is 8.80. The lowest BCUT2D eigenvalue weighted by Gasteiger charge is -2.31. The smallest absolute Gasteiger partial charge is 0.314 e. The minimum absolute atomic E-state index is 0.587. The van der Waals surface area contributed by atoms with E-state index in [-0.39, 0.29) is 0 Å². The molecule has 6 atom stereocenters. The van der Waals surface area contributed by atoms with Crippen molar-refractivity contribution in [1.29, 1.82) is 0 Å². The van der Waals surface area contributed by atoms with Crippen LogP contribution in [0.2, 0.25) is 0 Å². The molecule has 9 heteroatoms. The molecule has 4 fully saturated rings. The monoisotopic (exact) mass is 372 g/mol. The average molecular weight is 372 g/mol. The zero-order valence-corrected chi connectivity index (χ0v) is 14.6. The fourth-order valence-corrected chi connectivity index (χ4v) is 6.34. The summed E-state index contributed by atoms with van der Waals surface area (Å²) in [6.45, 7) is 4.97. The van der Waals surface area contributed by atoms with Gasteiger partial charge in [-0.2, -0.15) is 8.42 Å². The quantitative estimate of drug-likeness (QED) is 0.398. The third kappa shape index (κ3) is 2.43. The lowest BCUT2D eigenvalue weighted by Crippen LogP contribution is -2.51. The summed E-state index contributed by atoms with van der Waals surface area (Å²) in [6, 6.07) is 0. The molecule has 0 spiro atoms. The maximum Gasteiger partial charge on any atom is 0.314 e. The lowest BCUT2D eigenvalue weighted by atomic mass is 9.84. The van der Waals surface area contributed by atoms with Crippen LogP contribution < -0.4 is 0 Å². The van der Waals surface area contributed by atoms with Crippen molar-refractivity contribution in [2.45, 2.75) is 67.9 Å². The Labute approximate surface area is 145 Å². The third-order valence-corrected chi connectivity index (χ3v) is 7.31. The molecule has 2 bridgehead atoms. The number of ether oxygens (including phenoxy) is 3. The normalized spacial score (nSPS) is 42.3. The Morgan fingerprint density at radius 1 is 1.20 bits per heavy atom. The van der Waals surface area contributed by atoms with Crippen LogP contribution >= 0.6 is 0 Å². The first kappa shape index (κ1) is 17.0. The van der Waals surface area contributed by atoms with Crippen molar-refractivity contribution in [2.75, 3.05) is 0 Å². The second kappa shape index (κ2) is 5.52. The fraction of sp³-hybridized carbons (Fsp3) is 0.750. The molecular formula is C16H20O8S. The molecule has 1 aliphatic carbocycles. The zero-order chi connectivity index (χ0) is 18.0. The first-order valence-electron chi connectivity index (χ1n) is 8.39. The van der Waals surface area contributed by atoms with Gasteiger partial charge in [-0.05, 0) is 31.8 Å². The summed E-state index contributed by atoms with van der Waals surface area (Å²) in [4.78, 5) is 24.2. The summed E-state index contributed by atoms with van der Waals surface area (Å²) in [7, 11) is -4.00. The number of rotatable bonds is 4. The van der Waals surface area contributed by atoms with Crippen molar-refractivity contribution in [3.63, 3.8) is 0 Å². The number of carbonyl (C=O) groups excluding carboxylic acids is 2. The summed E-state index contributed by atoms with van der Waals surface area (Å²) < 4.78 is 46.3. The van der Waals surface area contributed by atoms with Crippen molar-refractivity contribution in [3.8, 4) is 0 Å². The molecule has 6 unspecified atom stereocenters. The van der Waals surface area contributed by atoms with Crippen LogP contribution in [0.5, 0.6) is 0 Å². The molecule has 3 saturated heterocycles. The zero-order valence-electron chi connectivity index (χ0n) is 13.8. The van der Waals surface area contributed by atoms with Gasteiger partial charge >= 0.3 is 11.9 Å². The van der Waals surface area contributed by atoms with Crippen molar-refractivity contribution in [2.24, 2.45) is 5.92 Å². The van der Waals surface area contributed by atoms with Crippen LogP contribution in [-0.2, 0) is 38.1 Å². The van der Waals surface area contributed by atoms with Crippen LogP contribution in [-0.4, -0.2) is 55.6 Å². The Morgan fingerprint density at radius 2 is 1.88 bits per heavy atom. The molecule has 4 aliphatic rings. The van der Waals surface area contributed by atoms with Gasteiger partial charge < -0.3 is 14.2 Å². The number of carbonyl (C=O) groups is 2. The van der Waals surface area contributed by atoms with E-state index >= 15 is 0 Å². The molecule has 0 aromatic heterocycles. The molecule has 0 aromatic carbocycles. The van der Waals surface area contributed by atoms with E-state index in [1.54, 1.807) is 6.08 Å². The molecule has 3 heterocycles. The Morgan fingerprint density at radius 3 is 2.48 bits per heavy atom. The van der Waals surface area contributed by atoms with E-state index in [2.05, 4.69) is 6.58 Å². The molecule has 4 rings (SSSR count). The van der Waals surface area contributed by atoms with Crippen LogP contribution in [0.4, 0.5) is 0 Å². The van der Waals surface area contributed by atoms with E-state index in [4.69, 9.17) is 18.4 Å². The Bertz CT molecular complexity index is 722. The van der Waals surface area contributed by atoms with Gasteiger partial charge in [0.1, 0.15) is 35.1 Å². The number of hydrogen-bond acceptors (Lipinski definition) is 8. The molecule has 25 heavy (non-hydrogen) atoms. The summed E-state index contributed by atoms with van der Waals surface area (Å²) in [5.74, 6) is -2.32. The van der Waals surface area contributed by atoms with E-state index in [0.717, 1.165) is 12.8 Å². The van der Waals surface area contributed by atoms with Crippen LogP contribution in [0.25, 0.3) is 0 Å². The van der Waals surface area contributed by atoms with Gasteiger partial charge in [0.05, 0.1) is 0 Å². The van der Waals surface area contributed by atoms with Gasteiger partial charge in [-0.3, -0.25) is 13.8 Å². The van der Waals surface area contributed by atoms with E-state index in [1.807, 2.05) is 0 Å². The van der Waals surface area contributed by atoms with Gasteiger partial charge in [0.15, 0.2) is 6.10 Å². The maximum atomic E-state index is 12.9. The van der Waals surface area contributed by atoms with Crippen molar-refractivity contribution < 1.29 is 36.4 Å². The van der Waals surface area contributed by atoms with Gasteiger partial charge in [0.25, 0.3) is 10.1 Å². The molecule has 0 aromatic rings. The number of esters is 2. The van der Waals surface area contributed by atoms with Gasteiger partial charge in [0, 0.05) is 6.92 Å². The summed E-state index contributed by atoms with van der Waals surface area (Å²) >= 11 is 0. The van der Waals surface area contributed by atoms with Gasteiger partial charge in [-0.1, -0.05) is 6.58 Å². The first-order valence-corrected chi connectivity index (χ1v) is 9.86. The summed E-state index contributed by atoms with van der Waals surface area (Å²) in [5.41, 5.74) is -0.765. The molecular weight excluding hydrogens is 352 g/mol. The molecule has 138 valence electrons. The van der Waals surface area contributed by atoms with Gasteiger partial charge in [0.2, 0.25) is 0 Å². The predicted octanol–water partition coefficient (Wildman–Crippen LogP) is 0.454.